The van der Waals surface area contributed by atoms with Gasteiger partial charge in [-0.25, -0.2) is 0 Å². The zero-order valence-electron chi connectivity index (χ0n) is 11.5. The molecule has 21 heavy (non-hydrogen) atoms. The van der Waals surface area contributed by atoms with Gasteiger partial charge in [0.15, 0.2) is 0 Å². The van der Waals surface area contributed by atoms with E-state index in [4.69, 9.17) is 10.5 Å². The Labute approximate surface area is 122 Å². The van der Waals surface area contributed by atoms with Crippen molar-refractivity contribution < 1.29 is 4.74 Å². The number of nitrogens with zero attached hydrogens (tertiary/aromatic N) is 1. The lowest BCUT2D eigenvalue weighted by Crippen LogP contribution is -2.24. The van der Waals surface area contributed by atoms with Gasteiger partial charge in [0.05, 0.1) is 29.6 Å². The average Bonchev–Trinajstić information content (AvgIpc) is 3.09. The van der Waals surface area contributed by atoms with Gasteiger partial charge in [-0.2, -0.15) is 5.10 Å². The van der Waals surface area contributed by atoms with Gasteiger partial charge in [-0.05, 0) is 23.8 Å². The molecule has 0 amide bonds. The smallest absolute Gasteiger partial charge is 0.123 e. The summed E-state index contributed by atoms with van der Waals surface area (Å²) in [5.41, 5.74) is 9.94. The van der Waals surface area contributed by atoms with Crippen LogP contribution < -0.4 is 15.8 Å². The fraction of sp³-hybridized carbons (Fsp3) is 0.188. The first kappa shape index (κ1) is 12.1. The Balaban J connectivity index is 1.48. The van der Waals surface area contributed by atoms with Crippen molar-refractivity contribution in [2.75, 3.05) is 17.6 Å². The predicted octanol–water partition coefficient (Wildman–Crippen LogP) is 2.56. The summed E-state index contributed by atoms with van der Waals surface area (Å²) in [7, 11) is 0. The molecule has 1 unspecified atom stereocenters. The first-order chi connectivity index (χ1) is 10.3. The Bertz CT molecular complexity index is 771. The maximum absolute atomic E-state index is 6.07. The molecule has 1 aliphatic heterocycles. The number of anilines is 2. The minimum Gasteiger partial charge on any atom is -0.488 e. The summed E-state index contributed by atoms with van der Waals surface area (Å²) in [6, 6.07) is 12.1. The van der Waals surface area contributed by atoms with Crippen LogP contribution in [0.1, 0.15) is 5.56 Å². The van der Waals surface area contributed by atoms with Gasteiger partial charge >= 0.3 is 0 Å². The molecule has 1 aromatic heterocycles. The van der Waals surface area contributed by atoms with Gasteiger partial charge in [-0.3, -0.25) is 5.10 Å². The fourth-order valence-corrected chi connectivity index (χ4v) is 2.75. The third-order valence-electron chi connectivity index (χ3n) is 3.84. The number of rotatable bonds is 3. The van der Waals surface area contributed by atoms with Crippen molar-refractivity contribution in [3.05, 3.63) is 48.2 Å². The third kappa shape index (κ3) is 2.16. The minimum absolute atomic E-state index is 0.138. The van der Waals surface area contributed by atoms with E-state index in [9.17, 15) is 0 Å². The average molecular weight is 280 g/mol. The zero-order chi connectivity index (χ0) is 14.2. The highest BCUT2D eigenvalue weighted by molar-refractivity contribution is 5.88. The van der Waals surface area contributed by atoms with Crippen LogP contribution in [0.2, 0.25) is 0 Å². The molecular weight excluding hydrogens is 264 g/mol. The number of H-pyrrole nitrogens is 1. The van der Waals surface area contributed by atoms with Gasteiger partial charge in [0.2, 0.25) is 0 Å². The maximum atomic E-state index is 6.07. The number of aromatic nitrogens is 2. The molecule has 4 N–H and O–H groups in total. The van der Waals surface area contributed by atoms with Gasteiger partial charge in [0, 0.05) is 11.8 Å². The summed E-state index contributed by atoms with van der Waals surface area (Å²) in [6.07, 6.45) is 2.83. The van der Waals surface area contributed by atoms with Crippen molar-refractivity contribution in [1.82, 2.24) is 10.2 Å². The summed E-state index contributed by atoms with van der Waals surface area (Å²) >= 11 is 0. The second-order valence-corrected chi connectivity index (χ2v) is 5.33. The number of hydrogen-bond acceptors (Lipinski definition) is 4. The van der Waals surface area contributed by atoms with Gasteiger partial charge in [-0.15, -0.1) is 0 Å². The SMILES string of the molecule is Nc1cc2cn[nH]c2cc1NCC1Cc2ccccc2O1. The molecule has 1 aliphatic rings. The number of nitrogen functional groups attached to an aromatic ring is 1. The summed E-state index contributed by atoms with van der Waals surface area (Å²) in [4.78, 5) is 0. The van der Waals surface area contributed by atoms with Crippen LogP contribution in [0.5, 0.6) is 5.75 Å². The van der Waals surface area contributed by atoms with Crippen molar-refractivity contribution in [1.29, 1.82) is 0 Å². The number of fused-ring (bicyclic) bond motifs is 2. The molecule has 0 radical (unpaired) electrons. The molecule has 0 aliphatic carbocycles. The topological polar surface area (TPSA) is 76.0 Å². The highest BCUT2D eigenvalue weighted by Gasteiger charge is 2.22. The Kier molecular flexibility index (Phi) is 2.70. The molecule has 0 spiro atoms. The number of nitrogens with two attached hydrogens (primary N) is 1. The third-order valence-corrected chi connectivity index (χ3v) is 3.84. The molecule has 106 valence electrons. The molecule has 2 heterocycles. The van der Waals surface area contributed by atoms with E-state index in [1.165, 1.54) is 5.56 Å². The van der Waals surface area contributed by atoms with Gasteiger partial charge in [-0.1, -0.05) is 18.2 Å². The van der Waals surface area contributed by atoms with Crippen LogP contribution in [0.4, 0.5) is 11.4 Å². The molecule has 0 bridgehead atoms. The van der Waals surface area contributed by atoms with E-state index in [1.807, 2.05) is 30.3 Å². The van der Waals surface area contributed by atoms with Crippen LogP contribution in [0, 0.1) is 0 Å². The Hall–Kier alpha value is -2.69. The second-order valence-electron chi connectivity index (χ2n) is 5.33. The number of benzene rings is 2. The molecule has 1 atom stereocenters. The lowest BCUT2D eigenvalue weighted by Gasteiger charge is -2.14. The van der Waals surface area contributed by atoms with Crippen LogP contribution in [-0.2, 0) is 6.42 Å². The zero-order valence-corrected chi connectivity index (χ0v) is 11.5. The largest absolute Gasteiger partial charge is 0.488 e. The number of hydrogen-bond donors (Lipinski definition) is 3. The van der Waals surface area contributed by atoms with E-state index in [0.29, 0.717) is 0 Å². The standard InChI is InChI=1S/C16H16N4O/c17-13-6-11-8-19-20-14(11)7-15(13)18-9-12-5-10-3-1-2-4-16(10)21-12/h1-4,6-8,12,18H,5,9,17H2,(H,19,20). The molecule has 2 aromatic carbocycles. The van der Waals surface area contributed by atoms with E-state index in [0.717, 1.165) is 41.0 Å². The number of aromatic amines is 1. The highest BCUT2D eigenvalue weighted by atomic mass is 16.5. The number of nitrogens with one attached hydrogen (secondary N) is 2. The van der Waals surface area contributed by atoms with Crippen molar-refractivity contribution in [3.8, 4) is 5.75 Å². The first-order valence-electron chi connectivity index (χ1n) is 7.00. The fourth-order valence-electron chi connectivity index (χ4n) is 2.75. The number of para-hydroxylation sites is 1. The molecule has 5 heteroatoms. The van der Waals surface area contributed by atoms with Crippen LogP contribution in [0.15, 0.2) is 42.6 Å². The molecule has 0 fully saturated rings. The lowest BCUT2D eigenvalue weighted by atomic mass is 10.1. The van der Waals surface area contributed by atoms with Crippen molar-refractivity contribution >= 4 is 22.3 Å². The van der Waals surface area contributed by atoms with Crippen molar-refractivity contribution in [3.63, 3.8) is 0 Å². The molecule has 0 saturated heterocycles. The summed E-state index contributed by atoms with van der Waals surface area (Å²) < 4.78 is 5.92. The molecule has 3 aromatic rings. The van der Waals surface area contributed by atoms with E-state index in [2.05, 4.69) is 21.6 Å². The lowest BCUT2D eigenvalue weighted by molar-refractivity contribution is 0.246. The van der Waals surface area contributed by atoms with E-state index in [1.54, 1.807) is 6.20 Å². The normalized spacial score (nSPS) is 16.7. The maximum Gasteiger partial charge on any atom is 0.123 e. The second kappa shape index (κ2) is 4.70. The van der Waals surface area contributed by atoms with Crippen LogP contribution in [0.25, 0.3) is 10.9 Å². The van der Waals surface area contributed by atoms with Crippen LogP contribution in [-0.4, -0.2) is 22.8 Å². The summed E-state index contributed by atoms with van der Waals surface area (Å²) in [5, 5.41) is 11.4. The molecule has 0 saturated carbocycles. The van der Waals surface area contributed by atoms with Gasteiger partial charge < -0.3 is 15.8 Å². The highest BCUT2D eigenvalue weighted by Crippen LogP contribution is 2.29. The first-order valence-corrected chi connectivity index (χ1v) is 7.00. The molecular formula is C16H16N4O. The summed E-state index contributed by atoms with van der Waals surface area (Å²) in [6.45, 7) is 0.721. The van der Waals surface area contributed by atoms with Crippen molar-refractivity contribution in [2.24, 2.45) is 0 Å². The van der Waals surface area contributed by atoms with Gasteiger partial charge in [0.25, 0.3) is 0 Å². The van der Waals surface area contributed by atoms with E-state index < -0.39 is 0 Å². The predicted molar refractivity (Wildman–Crippen MR) is 83.6 cm³/mol. The Morgan fingerprint density at radius 3 is 3.14 bits per heavy atom. The number of ether oxygens (including phenoxy) is 1. The molecule has 4 rings (SSSR count). The monoisotopic (exact) mass is 280 g/mol. The minimum atomic E-state index is 0.138. The Morgan fingerprint density at radius 2 is 2.24 bits per heavy atom. The van der Waals surface area contributed by atoms with E-state index in [-0.39, 0.29) is 6.10 Å². The van der Waals surface area contributed by atoms with Crippen molar-refractivity contribution in [2.45, 2.75) is 12.5 Å². The quantitative estimate of drug-likeness (QED) is 0.644. The molecule has 5 nitrogen and oxygen atoms in total. The van der Waals surface area contributed by atoms with E-state index >= 15 is 0 Å². The Morgan fingerprint density at radius 1 is 1.33 bits per heavy atom. The van der Waals surface area contributed by atoms with Gasteiger partial charge in [0.1, 0.15) is 11.9 Å². The summed E-state index contributed by atoms with van der Waals surface area (Å²) in [5.74, 6) is 0.987. The van der Waals surface area contributed by atoms with Crippen LogP contribution >= 0.6 is 0 Å². The van der Waals surface area contributed by atoms with Crippen LogP contribution in [0.3, 0.4) is 0 Å².